The third kappa shape index (κ3) is 6.87. The maximum atomic E-state index is 15.6. The molecule has 0 aliphatic carbocycles. The molecule has 0 bridgehead atoms. The van der Waals surface area contributed by atoms with Crippen molar-refractivity contribution in [3.63, 3.8) is 0 Å². The molecule has 5 rings (SSSR count). The van der Waals surface area contributed by atoms with E-state index in [2.05, 4.69) is 19.6 Å². The second-order valence-electron chi connectivity index (χ2n) is 9.98. The van der Waals surface area contributed by atoms with Crippen molar-refractivity contribution >= 4 is 51.4 Å². The third-order valence-electron chi connectivity index (χ3n) is 6.60. The molecular formula is C31H31FKN5O4. The Morgan fingerprint density at radius 2 is 1.79 bits per heavy atom. The number of nitrogens with zero attached hydrogens (tertiary/aromatic N) is 4. The fourth-order valence-corrected chi connectivity index (χ4v) is 4.77. The minimum atomic E-state index is -0.675. The van der Waals surface area contributed by atoms with Crippen molar-refractivity contribution in [2.75, 3.05) is 0 Å². The molecule has 212 valence electrons. The molecule has 0 fully saturated rings. The number of benzene rings is 2. The molecule has 0 saturated heterocycles. The molecule has 3 aromatic heterocycles. The molecule has 0 saturated carbocycles. The number of aromatic nitrogens is 5. The van der Waals surface area contributed by atoms with Gasteiger partial charge in [-0.3, -0.25) is 18.9 Å². The van der Waals surface area contributed by atoms with Gasteiger partial charge in [-0.15, -0.1) is 0 Å². The van der Waals surface area contributed by atoms with Crippen molar-refractivity contribution in [2.24, 2.45) is 0 Å². The van der Waals surface area contributed by atoms with Gasteiger partial charge < -0.3 is 4.74 Å². The van der Waals surface area contributed by atoms with Gasteiger partial charge >= 0.3 is 57.1 Å². The SMILES string of the molecule is CCCc1nc(C)c(-c2ccc(OC(C)C)nc2)c(=O)n1Cc1ccc(-c2ccccc2-c2noc(=O)[nH]2)cc1F.[KH]. The first-order valence-corrected chi connectivity index (χ1v) is 13.4. The molecule has 0 unspecified atom stereocenters. The number of aromatic amines is 1. The number of pyridine rings is 1. The Balaban J connectivity index is 0.00000405. The number of hydrogen-bond donors (Lipinski definition) is 1. The summed E-state index contributed by atoms with van der Waals surface area (Å²) in [6, 6.07) is 15.5. The minimum absolute atomic E-state index is 0. The molecule has 0 atom stereocenters. The van der Waals surface area contributed by atoms with Crippen molar-refractivity contribution < 1.29 is 13.7 Å². The second-order valence-corrected chi connectivity index (χ2v) is 9.98. The third-order valence-corrected chi connectivity index (χ3v) is 6.60. The maximum absolute atomic E-state index is 15.6. The summed E-state index contributed by atoms with van der Waals surface area (Å²) >= 11 is 0. The first kappa shape index (κ1) is 31.7. The van der Waals surface area contributed by atoms with Crippen molar-refractivity contribution in [3.05, 3.63) is 105 Å². The normalized spacial score (nSPS) is 11.0. The Bertz CT molecular complexity index is 1810. The molecule has 1 N–H and O–H groups in total. The van der Waals surface area contributed by atoms with Crippen LogP contribution in [0.1, 0.15) is 44.3 Å². The topological polar surface area (TPSA) is 116 Å². The molecule has 9 nitrogen and oxygen atoms in total. The van der Waals surface area contributed by atoms with E-state index in [1.165, 1.54) is 10.6 Å². The molecule has 0 amide bonds. The van der Waals surface area contributed by atoms with E-state index in [0.29, 0.717) is 57.2 Å². The van der Waals surface area contributed by atoms with E-state index in [9.17, 15) is 9.59 Å². The fourth-order valence-electron chi connectivity index (χ4n) is 4.77. The van der Waals surface area contributed by atoms with Crippen LogP contribution in [-0.2, 0) is 13.0 Å². The van der Waals surface area contributed by atoms with Crippen LogP contribution >= 0.6 is 0 Å². The van der Waals surface area contributed by atoms with Crippen LogP contribution in [0.3, 0.4) is 0 Å². The van der Waals surface area contributed by atoms with Gasteiger partial charge in [0.25, 0.3) is 5.56 Å². The molecule has 42 heavy (non-hydrogen) atoms. The standard InChI is InChI=1S/C31H30FN5O4.K.H/c1-5-8-26-34-19(4)28(21-13-14-27(33-16-21)40-18(2)3)30(38)37(26)17-22-12-11-20(15-25(22)32)23-9-6-7-10-24(23)29-35-31(39)41-36-29;;/h6-7,9-16,18H,5,8,17H2,1-4H3,(H,35,36,39);;. The molecule has 0 spiro atoms. The van der Waals surface area contributed by atoms with Crippen LogP contribution in [0, 0.1) is 12.7 Å². The van der Waals surface area contributed by atoms with E-state index < -0.39 is 11.6 Å². The van der Waals surface area contributed by atoms with Crippen LogP contribution in [-0.4, -0.2) is 82.2 Å². The van der Waals surface area contributed by atoms with Gasteiger partial charge in [-0.25, -0.2) is 19.2 Å². The number of ether oxygens (including phenoxy) is 1. The van der Waals surface area contributed by atoms with E-state index >= 15 is 4.39 Å². The zero-order valence-electron chi connectivity index (χ0n) is 23.3. The first-order valence-electron chi connectivity index (χ1n) is 13.4. The molecule has 11 heteroatoms. The van der Waals surface area contributed by atoms with E-state index in [0.717, 1.165) is 6.42 Å². The molecule has 0 aliphatic rings. The van der Waals surface area contributed by atoms with Gasteiger partial charge in [0.1, 0.15) is 11.6 Å². The van der Waals surface area contributed by atoms with Gasteiger partial charge in [-0.05, 0) is 50.5 Å². The first-order chi connectivity index (χ1) is 19.7. The quantitative estimate of drug-likeness (QED) is 0.241. The van der Waals surface area contributed by atoms with Crippen LogP contribution in [0.5, 0.6) is 5.88 Å². The van der Waals surface area contributed by atoms with Crippen LogP contribution in [0.4, 0.5) is 4.39 Å². The second kappa shape index (κ2) is 13.8. The Morgan fingerprint density at radius 1 is 1.05 bits per heavy atom. The Labute approximate surface area is 284 Å². The van der Waals surface area contributed by atoms with Gasteiger partial charge in [-0.2, -0.15) is 0 Å². The molecule has 0 radical (unpaired) electrons. The van der Waals surface area contributed by atoms with Gasteiger partial charge in [-0.1, -0.05) is 48.5 Å². The number of hydrogen-bond acceptors (Lipinski definition) is 7. The zero-order chi connectivity index (χ0) is 29.1. The van der Waals surface area contributed by atoms with Crippen LogP contribution in [0.15, 0.2) is 74.9 Å². The van der Waals surface area contributed by atoms with E-state index in [4.69, 9.17) is 9.72 Å². The molecule has 3 heterocycles. The Kier molecular flexibility index (Phi) is 10.4. The van der Waals surface area contributed by atoms with Crippen molar-refractivity contribution in [1.29, 1.82) is 0 Å². The number of rotatable bonds is 9. The Hall–Kier alpha value is -3.22. The van der Waals surface area contributed by atoms with Crippen molar-refractivity contribution in [2.45, 2.75) is 53.2 Å². The summed E-state index contributed by atoms with van der Waals surface area (Å²) in [5.41, 5.74) is 3.56. The predicted octanol–water partition coefficient (Wildman–Crippen LogP) is 4.90. The molecule has 5 aromatic rings. The number of H-pyrrole nitrogens is 1. The fraction of sp³-hybridized carbons (Fsp3) is 0.258. The summed E-state index contributed by atoms with van der Waals surface area (Å²) in [7, 11) is 0. The summed E-state index contributed by atoms with van der Waals surface area (Å²) in [5.74, 6) is 0.166. The van der Waals surface area contributed by atoms with E-state index in [1.54, 1.807) is 49.5 Å². The summed E-state index contributed by atoms with van der Waals surface area (Å²) in [6.45, 7) is 7.65. The summed E-state index contributed by atoms with van der Waals surface area (Å²) < 4.78 is 27.4. The number of nitrogens with one attached hydrogen (secondary N) is 1. The van der Waals surface area contributed by atoms with E-state index in [-0.39, 0.29) is 75.4 Å². The van der Waals surface area contributed by atoms with Gasteiger partial charge in [0.05, 0.1) is 23.9 Å². The molecular weight excluding hydrogens is 564 g/mol. The summed E-state index contributed by atoms with van der Waals surface area (Å²) in [4.78, 5) is 37.0. The van der Waals surface area contributed by atoms with Crippen LogP contribution < -0.4 is 16.1 Å². The average molecular weight is 596 g/mol. The Morgan fingerprint density at radius 3 is 2.40 bits per heavy atom. The summed E-state index contributed by atoms with van der Waals surface area (Å²) in [5, 5.41) is 3.77. The van der Waals surface area contributed by atoms with Crippen molar-refractivity contribution in [1.82, 2.24) is 24.7 Å². The monoisotopic (exact) mass is 595 g/mol. The van der Waals surface area contributed by atoms with Gasteiger partial charge in [0, 0.05) is 35.4 Å². The number of aryl methyl sites for hydroxylation is 2. The van der Waals surface area contributed by atoms with Crippen LogP contribution in [0.2, 0.25) is 0 Å². The zero-order valence-corrected chi connectivity index (χ0v) is 23.3. The van der Waals surface area contributed by atoms with Crippen LogP contribution in [0.25, 0.3) is 33.6 Å². The van der Waals surface area contributed by atoms with Gasteiger partial charge in [0.2, 0.25) is 5.88 Å². The molecule has 0 aliphatic heterocycles. The predicted molar refractivity (Wildman–Crippen MR) is 160 cm³/mol. The number of halogens is 1. The van der Waals surface area contributed by atoms with Gasteiger partial charge in [0.15, 0.2) is 5.82 Å². The van der Waals surface area contributed by atoms with E-state index in [1.807, 2.05) is 32.9 Å². The summed E-state index contributed by atoms with van der Waals surface area (Å²) in [6.07, 6.45) is 2.92. The molecule has 2 aromatic carbocycles. The van der Waals surface area contributed by atoms with Crippen molar-refractivity contribution in [3.8, 4) is 39.5 Å². The average Bonchev–Trinajstić information content (AvgIpc) is 3.38.